The predicted molar refractivity (Wildman–Crippen MR) is 101 cm³/mol. The smallest absolute Gasteiger partial charge is 0.240 e. The number of nitrogens with zero attached hydrogens (tertiary/aromatic N) is 3. The minimum absolute atomic E-state index is 0.162. The van der Waals surface area contributed by atoms with Crippen LogP contribution >= 0.6 is 0 Å². The fraction of sp³-hybridized carbons (Fsp3) is 0.200. The third kappa shape index (κ3) is 4.42. The summed E-state index contributed by atoms with van der Waals surface area (Å²) in [5, 5.41) is 5.09. The molecule has 0 saturated heterocycles. The van der Waals surface area contributed by atoms with Crippen molar-refractivity contribution in [2.24, 2.45) is 5.10 Å². The van der Waals surface area contributed by atoms with Crippen molar-refractivity contribution in [1.29, 1.82) is 0 Å². The molecular formula is C20H20N4O2. The number of hydrazone groups is 1. The Balaban J connectivity index is 1.57. The van der Waals surface area contributed by atoms with E-state index in [1.54, 1.807) is 25.6 Å². The third-order valence-corrected chi connectivity index (χ3v) is 3.92. The van der Waals surface area contributed by atoms with Gasteiger partial charge in [-0.15, -0.1) is 0 Å². The van der Waals surface area contributed by atoms with Crippen LogP contribution in [0.3, 0.4) is 0 Å². The first-order valence-electron chi connectivity index (χ1n) is 8.33. The normalized spacial score (nSPS) is 11.0. The van der Waals surface area contributed by atoms with E-state index in [1.165, 1.54) is 0 Å². The van der Waals surface area contributed by atoms with Gasteiger partial charge in [-0.3, -0.25) is 9.78 Å². The van der Waals surface area contributed by atoms with Crippen molar-refractivity contribution in [3.63, 3.8) is 0 Å². The number of amides is 1. The van der Waals surface area contributed by atoms with Crippen LogP contribution in [0.4, 0.5) is 0 Å². The van der Waals surface area contributed by atoms with Crippen LogP contribution in [-0.2, 0) is 11.2 Å². The molecule has 0 fully saturated rings. The first-order valence-corrected chi connectivity index (χ1v) is 8.33. The van der Waals surface area contributed by atoms with Gasteiger partial charge in [0, 0.05) is 29.8 Å². The maximum absolute atomic E-state index is 11.9. The van der Waals surface area contributed by atoms with E-state index < -0.39 is 0 Å². The van der Waals surface area contributed by atoms with Crippen molar-refractivity contribution in [1.82, 2.24) is 15.4 Å². The Morgan fingerprint density at radius 2 is 2.15 bits per heavy atom. The lowest BCUT2D eigenvalue weighted by molar-refractivity contribution is -0.121. The number of methoxy groups -OCH3 is 1. The van der Waals surface area contributed by atoms with Crippen LogP contribution in [-0.4, -0.2) is 29.2 Å². The van der Waals surface area contributed by atoms with Crippen LogP contribution in [0.15, 0.2) is 53.8 Å². The molecule has 0 aliphatic heterocycles. The second-order valence-corrected chi connectivity index (χ2v) is 5.88. The lowest BCUT2D eigenvalue weighted by Crippen LogP contribution is -2.18. The number of fused-ring (bicyclic) bond motifs is 1. The van der Waals surface area contributed by atoms with E-state index in [-0.39, 0.29) is 5.91 Å². The zero-order chi connectivity index (χ0) is 18.4. The molecule has 3 aromatic rings. The molecule has 132 valence electrons. The summed E-state index contributed by atoms with van der Waals surface area (Å²) in [4.78, 5) is 20.6. The quantitative estimate of drug-likeness (QED) is 0.549. The molecule has 1 aromatic carbocycles. The molecule has 0 unspecified atom stereocenters. The van der Waals surface area contributed by atoms with Crippen LogP contribution in [0.5, 0.6) is 5.88 Å². The summed E-state index contributed by atoms with van der Waals surface area (Å²) in [6.07, 6.45) is 4.25. The van der Waals surface area contributed by atoms with E-state index in [0.29, 0.717) is 18.7 Å². The average molecular weight is 348 g/mol. The number of pyridine rings is 2. The largest absolute Gasteiger partial charge is 0.481 e. The van der Waals surface area contributed by atoms with Gasteiger partial charge in [0.15, 0.2) is 0 Å². The highest BCUT2D eigenvalue weighted by Gasteiger charge is 2.04. The molecule has 0 aliphatic rings. The van der Waals surface area contributed by atoms with Gasteiger partial charge in [-0.1, -0.05) is 12.1 Å². The van der Waals surface area contributed by atoms with Crippen molar-refractivity contribution < 1.29 is 9.53 Å². The lowest BCUT2D eigenvalue weighted by atomic mass is 10.1. The van der Waals surface area contributed by atoms with Crippen LogP contribution in [0.25, 0.3) is 10.9 Å². The Morgan fingerprint density at radius 3 is 3.00 bits per heavy atom. The van der Waals surface area contributed by atoms with Crippen LogP contribution in [0.1, 0.15) is 23.2 Å². The van der Waals surface area contributed by atoms with Crippen molar-refractivity contribution in [2.45, 2.75) is 19.8 Å². The Morgan fingerprint density at radius 1 is 1.27 bits per heavy atom. The number of aryl methyl sites for hydroxylation is 2. The maximum Gasteiger partial charge on any atom is 0.240 e. The van der Waals surface area contributed by atoms with Crippen LogP contribution in [0, 0.1) is 6.92 Å². The van der Waals surface area contributed by atoms with Crippen LogP contribution in [0.2, 0.25) is 0 Å². The van der Waals surface area contributed by atoms with Gasteiger partial charge in [-0.25, -0.2) is 10.4 Å². The number of rotatable bonds is 6. The summed E-state index contributed by atoms with van der Waals surface area (Å²) < 4.78 is 5.08. The van der Waals surface area contributed by atoms with Gasteiger partial charge in [0.1, 0.15) is 0 Å². The van der Waals surface area contributed by atoms with Gasteiger partial charge in [-0.2, -0.15) is 5.10 Å². The van der Waals surface area contributed by atoms with Gasteiger partial charge in [0.25, 0.3) is 0 Å². The third-order valence-electron chi connectivity index (χ3n) is 3.92. The molecule has 0 aliphatic carbocycles. The molecule has 0 atom stereocenters. The number of aromatic nitrogens is 2. The average Bonchev–Trinajstić information content (AvgIpc) is 2.66. The highest BCUT2D eigenvalue weighted by Crippen LogP contribution is 2.17. The van der Waals surface area contributed by atoms with E-state index >= 15 is 0 Å². The number of nitrogens with one attached hydrogen (secondary N) is 1. The van der Waals surface area contributed by atoms with Gasteiger partial charge < -0.3 is 4.74 Å². The van der Waals surface area contributed by atoms with E-state index in [2.05, 4.69) is 20.5 Å². The SMILES string of the molecule is COc1cccc(CCC(=O)N/N=C/c2cc(C)c3ncccc3c2)n1. The lowest BCUT2D eigenvalue weighted by Gasteiger charge is -2.04. The highest BCUT2D eigenvalue weighted by molar-refractivity contribution is 5.91. The summed E-state index contributed by atoms with van der Waals surface area (Å²) in [7, 11) is 1.57. The van der Waals surface area contributed by atoms with E-state index in [4.69, 9.17) is 4.74 Å². The fourth-order valence-electron chi connectivity index (χ4n) is 2.66. The van der Waals surface area contributed by atoms with Crippen molar-refractivity contribution in [3.05, 3.63) is 65.5 Å². The summed E-state index contributed by atoms with van der Waals surface area (Å²) >= 11 is 0. The second-order valence-electron chi connectivity index (χ2n) is 5.88. The zero-order valence-corrected chi connectivity index (χ0v) is 14.8. The molecule has 1 N–H and O–H groups in total. The molecule has 0 saturated carbocycles. The van der Waals surface area contributed by atoms with E-state index in [0.717, 1.165) is 27.7 Å². The van der Waals surface area contributed by atoms with Crippen molar-refractivity contribution >= 4 is 23.0 Å². The molecule has 0 spiro atoms. The summed E-state index contributed by atoms with van der Waals surface area (Å²) in [6.45, 7) is 2.01. The highest BCUT2D eigenvalue weighted by atomic mass is 16.5. The van der Waals surface area contributed by atoms with Gasteiger partial charge in [0.05, 0.1) is 18.8 Å². The number of ether oxygens (including phenoxy) is 1. The monoisotopic (exact) mass is 348 g/mol. The molecule has 0 radical (unpaired) electrons. The summed E-state index contributed by atoms with van der Waals surface area (Å²) in [5.74, 6) is 0.382. The van der Waals surface area contributed by atoms with Gasteiger partial charge >= 0.3 is 0 Å². The zero-order valence-electron chi connectivity index (χ0n) is 14.8. The summed E-state index contributed by atoms with van der Waals surface area (Å²) in [5.41, 5.74) is 6.32. The van der Waals surface area contributed by atoms with E-state index in [9.17, 15) is 4.79 Å². The van der Waals surface area contributed by atoms with Gasteiger partial charge in [-0.05, 0) is 48.7 Å². The molecule has 3 rings (SSSR count). The molecule has 0 bridgehead atoms. The van der Waals surface area contributed by atoms with Crippen molar-refractivity contribution in [3.8, 4) is 5.88 Å². The number of carbonyl (C=O) groups excluding carboxylic acids is 1. The van der Waals surface area contributed by atoms with Gasteiger partial charge in [0.2, 0.25) is 11.8 Å². The molecular weight excluding hydrogens is 328 g/mol. The predicted octanol–water partition coefficient (Wildman–Crippen LogP) is 3.03. The van der Waals surface area contributed by atoms with Crippen LogP contribution < -0.4 is 10.2 Å². The minimum atomic E-state index is -0.162. The number of hydrogen-bond acceptors (Lipinski definition) is 5. The number of benzene rings is 1. The topological polar surface area (TPSA) is 76.5 Å². The van der Waals surface area contributed by atoms with Crippen molar-refractivity contribution in [2.75, 3.05) is 7.11 Å². The molecule has 2 aromatic heterocycles. The Labute approximate surface area is 151 Å². The first kappa shape index (κ1) is 17.5. The van der Waals surface area contributed by atoms with E-state index in [1.807, 2.05) is 43.3 Å². The Kier molecular flexibility index (Phi) is 5.53. The maximum atomic E-state index is 11.9. The number of hydrogen-bond donors (Lipinski definition) is 1. The molecule has 2 heterocycles. The first-order chi connectivity index (χ1) is 12.7. The fourth-order valence-corrected chi connectivity index (χ4v) is 2.66. The molecule has 1 amide bonds. The minimum Gasteiger partial charge on any atom is -0.481 e. The molecule has 6 nitrogen and oxygen atoms in total. The summed E-state index contributed by atoms with van der Waals surface area (Å²) in [6, 6.07) is 13.4. The second kappa shape index (κ2) is 8.20. The Hall–Kier alpha value is -3.28. The molecule has 26 heavy (non-hydrogen) atoms. The number of carbonyl (C=O) groups is 1. The Bertz CT molecular complexity index is 953. The molecule has 6 heteroatoms. The standard InChI is InChI=1S/C20H20N4O2/c1-14-11-15(12-16-5-4-10-21-20(14)16)13-22-24-18(25)9-8-17-6-3-7-19(23-17)26-2/h3-7,10-13H,8-9H2,1-2H3,(H,24,25)/b22-13+.